The highest BCUT2D eigenvalue weighted by molar-refractivity contribution is 6.58. The monoisotopic (exact) mass is 161 g/mol. The van der Waals surface area contributed by atoms with Crippen LogP contribution in [0.25, 0.3) is 0 Å². The summed E-state index contributed by atoms with van der Waals surface area (Å²) < 4.78 is 0. The second-order valence-corrected chi connectivity index (χ2v) is 2.50. The normalized spacial score (nSPS) is 9.54. The van der Waals surface area contributed by atoms with Gasteiger partial charge >= 0.3 is 0 Å². The number of carbonyl (C=O) groups excluding carboxylic acids is 1. The molecule has 0 aromatic heterocycles. The van der Waals surface area contributed by atoms with Crippen molar-refractivity contribution in [1.29, 1.82) is 0 Å². The molecular formula is C7H3B4NO. The van der Waals surface area contributed by atoms with Gasteiger partial charge in [-0.3, -0.25) is 4.79 Å². The number of hydrogen-bond donors (Lipinski definition) is 1. The van der Waals surface area contributed by atoms with Crippen LogP contribution in [0.3, 0.4) is 0 Å². The number of benzene rings is 1. The molecule has 1 aromatic rings. The molecule has 0 saturated carbocycles. The Labute approximate surface area is 82.1 Å². The molecule has 0 aliphatic rings. The van der Waals surface area contributed by atoms with Crippen molar-refractivity contribution < 1.29 is 4.79 Å². The molecule has 0 spiro atoms. The summed E-state index contributed by atoms with van der Waals surface area (Å²) in [6, 6.07) is 2.96. The van der Waals surface area contributed by atoms with E-state index in [2.05, 4.69) is 0 Å². The van der Waals surface area contributed by atoms with Crippen molar-refractivity contribution in [3.63, 3.8) is 0 Å². The number of carbonyl (C=O) groups is 1. The van der Waals surface area contributed by atoms with Crippen LogP contribution in [-0.4, -0.2) is 37.4 Å². The maximum atomic E-state index is 11.1. The first-order valence-corrected chi connectivity index (χ1v) is 3.52. The molecule has 0 heterocycles. The fourth-order valence-corrected chi connectivity index (χ4v) is 0.929. The molecule has 8 radical (unpaired) electrons. The van der Waals surface area contributed by atoms with Crippen LogP contribution in [0, 0.1) is 0 Å². The van der Waals surface area contributed by atoms with E-state index in [9.17, 15) is 4.79 Å². The van der Waals surface area contributed by atoms with Crippen LogP contribution in [0.5, 0.6) is 0 Å². The van der Waals surface area contributed by atoms with Gasteiger partial charge in [0.2, 0.25) is 13.9 Å². The molecule has 13 heavy (non-hydrogen) atoms. The second kappa shape index (κ2) is 3.77. The van der Waals surface area contributed by atoms with Crippen LogP contribution in [0.15, 0.2) is 12.1 Å². The lowest BCUT2D eigenvalue weighted by Gasteiger charge is -2.10. The number of amides is 1. The summed E-state index contributed by atoms with van der Waals surface area (Å²) in [4.78, 5) is 11.1. The van der Waals surface area contributed by atoms with Gasteiger partial charge in [-0.05, 0) is 0 Å². The third-order valence-electron chi connectivity index (χ3n) is 1.70. The van der Waals surface area contributed by atoms with E-state index in [0.717, 1.165) is 0 Å². The molecule has 0 aliphatic carbocycles. The molecule has 0 bridgehead atoms. The van der Waals surface area contributed by atoms with Crippen LogP contribution in [0.4, 0.5) is 0 Å². The first-order chi connectivity index (χ1) is 6.07. The average molecular weight is 160 g/mol. The molecule has 1 aromatic carbocycles. The third kappa shape index (κ3) is 1.82. The Balaban J connectivity index is 3.26. The lowest BCUT2D eigenvalue weighted by Crippen LogP contribution is -2.43. The van der Waals surface area contributed by atoms with Gasteiger partial charge in [-0.1, -0.05) is 17.6 Å². The summed E-state index contributed by atoms with van der Waals surface area (Å²) in [6.07, 6.45) is 0. The molecule has 0 aliphatic heterocycles. The molecule has 6 heteroatoms. The average Bonchev–Trinajstić information content (AvgIpc) is 2.13. The summed E-state index contributed by atoms with van der Waals surface area (Å²) in [5.41, 5.74) is 0.893. The predicted molar refractivity (Wildman–Crippen MR) is 55.8 cm³/mol. The molecule has 0 saturated heterocycles. The molecule has 0 unspecified atom stereocenters. The van der Waals surface area contributed by atoms with Crippen molar-refractivity contribution in [1.82, 2.24) is 5.23 Å². The molecular weight excluding hydrogens is 157 g/mol. The van der Waals surface area contributed by atoms with E-state index in [0.29, 0.717) is 5.46 Å². The SMILES string of the molecule is [B]NC(=O)c1ccc([B])c([B])c1[B]. The molecule has 1 amide bonds. The lowest BCUT2D eigenvalue weighted by molar-refractivity contribution is 0.0983. The van der Waals surface area contributed by atoms with Crippen molar-refractivity contribution in [3.05, 3.63) is 17.7 Å². The van der Waals surface area contributed by atoms with Crippen LogP contribution in [0.1, 0.15) is 10.4 Å². The van der Waals surface area contributed by atoms with E-state index in [-0.39, 0.29) is 16.5 Å². The molecule has 54 valence electrons. The first-order valence-electron chi connectivity index (χ1n) is 3.52. The lowest BCUT2D eigenvalue weighted by atomic mass is 9.70. The van der Waals surface area contributed by atoms with Gasteiger partial charge in [-0.25, -0.2) is 0 Å². The van der Waals surface area contributed by atoms with E-state index in [1.807, 2.05) is 5.23 Å². The zero-order valence-electron chi connectivity index (χ0n) is 6.87. The number of hydrogen-bond acceptors (Lipinski definition) is 1. The minimum absolute atomic E-state index is 0.142. The molecule has 1 N–H and O–H groups in total. The Morgan fingerprint density at radius 3 is 2.31 bits per heavy atom. The van der Waals surface area contributed by atoms with Crippen molar-refractivity contribution >= 4 is 53.8 Å². The Kier molecular flexibility index (Phi) is 2.91. The topological polar surface area (TPSA) is 29.1 Å². The van der Waals surface area contributed by atoms with Crippen molar-refractivity contribution in [2.45, 2.75) is 0 Å². The van der Waals surface area contributed by atoms with Gasteiger partial charge in [0.1, 0.15) is 23.5 Å². The predicted octanol–water partition coefficient (Wildman–Crippen LogP) is -3.12. The number of rotatable bonds is 1. The summed E-state index contributed by atoms with van der Waals surface area (Å²) in [7, 11) is 21.4. The van der Waals surface area contributed by atoms with Gasteiger partial charge < -0.3 is 5.23 Å². The highest BCUT2D eigenvalue weighted by Crippen LogP contribution is 1.89. The zero-order chi connectivity index (χ0) is 10.0. The van der Waals surface area contributed by atoms with Crippen molar-refractivity contribution in [2.75, 3.05) is 0 Å². The molecule has 1 rings (SSSR count). The van der Waals surface area contributed by atoms with E-state index >= 15 is 0 Å². The minimum Gasteiger partial charge on any atom is -0.405 e. The van der Waals surface area contributed by atoms with Crippen molar-refractivity contribution in [3.8, 4) is 0 Å². The van der Waals surface area contributed by atoms with Gasteiger partial charge in [0, 0.05) is 5.56 Å². The maximum Gasteiger partial charge on any atom is 0.237 e. The number of nitrogens with one attached hydrogen (secondary N) is 1. The Morgan fingerprint density at radius 2 is 1.77 bits per heavy atom. The summed E-state index contributed by atoms with van der Waals surface area (Å²) in [5.74, 6) is -0.496. The Hall–Kier alpha value is -1.05. The van der Waals surface area contributed by atoms with Gasteiger partial charge in [-0.2, -0.15) is 0 Å². The van der Waals surface area contributed by atoms with Crippen LogP contribution < -0.4 is 21.6 Å². The highest BCUT2D eigenvalue weighted by atomic mass is 16.1. The van der Waals surface area contributed by atoms with Crippen molar-refractivity contribution in [2.24, 2.45) is 0 Å². The molecule has 0 fully saturated rings. The molecule has 0 atom stereocenters. The van der Waals surface area contributed by atoms with E-state index in [4.69, 9.17) is 31.5 Å². The molecule has 2 nitrogen and oxygen atoms in total. The zero-order valence-corrected chi connectivity index (χ0v) is 6.87. The summed E-state index contributed by atoms with van der Waals surface area (Å²) in [5, 5.41) is 1.95. The van der Waals surface area contributed by atoms with Crippen LogP contribution in [-0.2, 0) is 0 Å². The van der Waals surface area contributed by atoms with Gasteiger partial charge in [0.05, 0.1) is 0 Å². The maximum absolute atomic E-state index is 11.1. The first kappa shape index (κ1) is 10.0. The smallest absolute Gasteiger partial charge is 0.237 e. The Morgan fingerprint density at radius 1 is 1.15 bits per heavy atom. The van der Waals surface area contributed by atoms with Crippen LogP contribution >= 0.6 is 0 Å². The van der Waals surface area contributed by atoms with E-state index < -0.39 is 5.91 Å². The summed E-state index contributed by atoms with van der Waals surface area (Å²) >= 11 is 0. The Bertz CT molecular complexity index is 353. The van der Waals surface area contributed by atoms with Crippen LogP contribution in [0.2, 0.25) is 0 Å². The third-order valence-corrected chi connectivity index (χ3v) is 1.70. The minimum atomic E-state index is -0.496. The van der Waals surface area contributed by atoms with Gasteiger partial charge in [0.15, 0.2) is 0 Å². The fourth-order valence-electron chi connectivity index (χ4n) is 0.929. The van der Waals surface area contributed by atoms with Gasteiger partial charge in [-0.15, -0.1) is 10.9 Å². The highest BCUT2D eigenvalue weighted by Gasteiger charge is 2.07. The second-order valence-electron chi connectivity index (χ2n) is 2.50. The summed E-state index contributed by atoms with van der Waals surface area (Å²) in [6.45, 7) is 0. The van der Waals surface area contributed by atoms with Gasteiger partial charge in [0.25, 0.3) is 0 Å². The quantitative estimate of drug-likeness (QED) is 0.433. The standard InChI is InChI=1S/C7H3B4NO/c8-4-2-1-3(7(13)12-11)5(9)6(4)10/h1-2H,(H,12,13). The van der Waals surface area contributed by atoms with E-state index in [1.165, 1.54) is 12.1 Å². The largest absolute Gasteiger partial charge is 0.405 e. The van der Waals surface area contributed by atoms with E-state index in [1.54, 1.807) is 0 Å². The fraction of sp³-hybridized carbons (Fsp3) is 0.